The number of anilines is 1. The van der Waals surface area contributed by atoms with Gasteiger partial charge in [0.05, 0.1) is 12.4 Å². The third-order valence-electron chi connectivity index (χ3n) is 7.72. The van der Waals surface area contributed by atoms with Crippen molar-refractivity contribution in [1.29, 1.82) is 0 Å². The molecule has 1 spiro atoms. The van der Waals surface area contributed by atoms with Gasteiger partial charge in [-0.25, -0.2) is 15.0 Å². The maximum atomic E-state index is 12.6. The smallest absolute Gasteiger partial charge is 0.256 e. The molecule has 3 aliphatic heterocycles. The summed E-state index contributed by atoms with van der Waals surface area (Å²) in [4.78, 5) is 28.6. The highest BCUT2D eigenvalue weighted by atomic mass is 16.5. The van der Waals surface area contributed by atoms with Crippen LogP contribution in [0.3, 0.4) is 0 Å². The van der Waals surface area contributed by atoms with Crippen LogP contribution in [0.5, 0.6) is 0 Å². The van der Waals surface area contributed by atoms with E-state index in [4.69, 9.17) is 4.74 Å². The number of benzene rings is 1. The molecule has 0 saturated carbocycles. The van der Waals surface area contributed by atoms with Crippen LogP contribution in [0, 0.1) is 0 Å². The van der Waals surface area contributed by atoms with E-state index in [1.807, 2.05) is 22.8 Å². The molecule has 9 heteroatoms. The Morgan fingerprint density at radius 1 is 1.12 bits per heavy atom. The number of rotatable bonds is 5. The van der Waals surface area contributed by atoms with Gasteiger partial charge in [0.2, 0.25) is 0 Å². The Bertz CT molecular complexity index is 1160. The van der Waals surface area contributed by atoms with E-state index in [0.717, 1.165) is 32.5 Å². The molecule has 0 bridgehead atoms. The molecule has 1 amide bonds. The standard InChI is InChI=1S/C25H31N7O2/c33-24(18-5-2-1-3-6-18)30-22-21-23(28-16-27-22)32(17-29-21)20-8-7-19(34-20)15-31-14-4-9-25(31)10-12-26-13-11-25/h1-3,5-6,16-17,19-20,26H,4,7-15H2,(H,27,28,30,33). The van der Waals surface area contributed by atoms with Crippen LogP contribution in [-0.4, -0.2) is 68.1 Å². The van der Waals surface area contributed by atoms with Crippen molar-refractivity contribution in [3.05, 3.63) is 48.5 Å². The lowest BCUT2D eigenvalue weighted by atomic mass is 9.85. The lowest BCUT2D eigenvalue weighted by Gasteiger charge is -2.42. The molecule has 34 heavy (non-hydrogen) atoms. The van der Waals surface area contributed by atoms with E-state index >= 15 is 0 Å². The van der Waals surface area contributed by atoms with E-state index in [-0.39, 0.29) is 18.2 Å². The van der Waals surface area contributed by atoms with Crippen LogP contribution in [0.2, 0.25) is 0 Å². The number of nitrogens with one attached hydrogen (secondary N) is 2. The summed E-state index contributed by atoms with van der Waals surface area (Å²) in [5.41, 5.74) is 2.20. The van der Waals surface area contributed by atoms with Gasteiger partial charge in [-0.3, -0.25) is 14.3 Å². The number of carbonyl (C=O) groups is 1. The van der Waals surface area contributed by atoms with E-state index in [1.165, 1.54) is 38.6 Å². The number of hydrogen-bond donors (Lipinski definition) is 2. The zero-order valence-corrected chi connectivity index (χ0v) is 19.3. The summed E-state index contributed by atoms with van der Waals surface area (Å²) >= 11 is 0. The van der Waals surface area contributed by atoms with Gasteiger partial charge in [-0.1, -0.05) is 18.2 Å². The number of imidazole rings is 1. The third-order valence-corrected chi connectivity index (χ3v) is 7.72. The van der Waals surface area contributed by atoms with Gasteiger partial charge < -0.3 is 15.4 Å². The number of piperidine rings is 1. The largest absolute Gasteiger partial charge is 0.353 e. The van der Waals surface area contributed by atoms with Crippen molar-refractivity contribution >= 4 is 22.9 Å². The first-order chi connectivity index (χ1) is 16.7. The van der Waals surface area contributed by atoms with Gasteiger partial charge in [0.15, 0.2) is 17.0 Å². The first kappa shape index (κ1) is 21.6. The molecule has 3 saturated heterocycles. The molecule has 178 valence electrons. The van der Waals surface area contributed by atoms with E-state index < -0.39 is 0 Å². The summed E-state index contributed by atoms with van der Waals surface area (Å²) in [6, 6.07) is 9.09. The Kier molecular flexibility index (Phi) is 5.76. The quantitative estimate of drug-likeness (QED) is 0.603. The second-order valence-electron chi connectivity index (χ2n) is 9.68. The molecule has 0 radical (unpaired) electrons. The van der Waals surface area contributed by atoms with Crippen molar-refractivity contribution in [1.82, 2.24) is 29.7 Å². The molecular weight excluding hydrogens is 430 g/mol. The summed E-state index contributed by atoms with van der Waals surface area (Å²) in [5, 5.41) is 6.39. The van der Waals surface area contributed by atoms with E-state index in [0.29, 0.717) is 28.1 Å². The van der Waals surface area contributed by atoms with Crippen LogP contribution in [0.4, 0.5) is 5.82 Å². The maximum Gasteiger partial charge on any atom is 0.256 e. The summed E-state index contributed by atoms with van der Waals surface area (Å²) in [5.74, 6) is 0.196. The average molecular weight is 462 g/mol. The van der Waals surface area contributed by atoms with Crippen LogP contribution in [0.1, 0.15) is 55.1 Å². The lowest BCUT2D eigenvalue weighted by Crippen LogP contribution is -2.52. The molecule has 3 aliphatic rings. The molecule has 1 aromatic carbocycles. The van der Waals surface area contributed by atoms with Crippen molar-refractivity contribution in [2.45, 2.75) is 56.4 Å². The summed E-state index contributed by atoms with van der Waals surface area (Å²) in [6.45, 7) is 4.41. The van der Waals surface area contributed by atoms with Crippen LogP contribution in [0.25, 0.3) is 11.2 Å². The summed E-state index contributed by atoms with van der Waals surface area (Å²) in [6.07, 6.45) is 10.4. The lowest BCUT2D eigenvalue weighted by molar-refractivity contribution is -0.0279. The number of amides is 1. The molecule has 6 rings (SSSR count). The monoisotopic (exact) mass is 461 g/mol. The number of likely N-dealkylation sites (tertiary alicyclic amines) is 1. The average Bonchev–Trinajstić information content (AvgIpc) is 3.60. The fourth-order valence-electron chi connectivity index (χ4n) is 5.93. The molecule has 5 heterocycles. The van der Waals surface area contributed by atoms with Gasteiger partial charge in [0.25, 0.3) is 5.91 Å². The third kappa shape index (κ3) is 3.97. The predicted octanol–water partition coefficient (Wildman–Crippen LogP) is 2.97. The van der Waals surface area contributed by atoms with Gasteiger partial charge in [-0.15, -0.1) is 0 Å². The first-order valence-corrected chi connectivity index (χ1v) is 12.4. The molecule has 3 fully saturated rings. The highest BCUT2D eigenvalue weighted by Crippen LogP contribution is 2.39. The first-order valence-electron chi connectivity index (χ1n) is 12.4. The Hall–Kier alpha value is -2.88. The van der Waals surface area contributed by atoms with Crippen molar-refractivity contribution in [3.63, 3.8) is 0 Å². The van der Waals surface area contributed by atoms with Crippen molar-refractivity contribution in [2.24, 2.45) is 0 Å². The highest BCUT2D eigenvalue weighted by Gasteiger charge is 2.43. The minimum absolute atomic E-state index is 0.103. The molecule has 3 aromatic rings. The number of fused-ring (bicyclic) bond motifs is 1. The molecular formula is C25H31N7O2. The normalized spacial score (nSPS) is 24.7. The van der Waals surface area contributed by atoms with Gasteiger partial charge >= 0.3 is 0 Å². The van der Waals surface area contributed by atoms with E-state index in [2.05, 4.69) is 30.5 Å². The van der Waals surface area contributed by atoms with Crippen LogP contribution in [0.15, 0.2) is 43.0 Å². The molecule has 2 atom stereocenters. The van der Waals surface area contributed by atoms with Crippen molar-refractivity contribution in [2.75, 3.05) is 31.5 Å². The topological polar surface area (TPSA) is 97.2 Å². The van der Waals surface area contributed by atoms with E-state index in [1.54, 1.807) is 18.5 Å². The molecule has 2 unspecified atom stereocenters. The van der Waals surface area contributed by atoms with Crippen LogP contribution < -0.4 is 10.6 Å². The Balaban J connectivity index is 1.16. The molecule has 2 N–H and O–H groups in total. The van der Waals surface area contributed by atoms with Crippen LogP contribution >= 0.6 is 0 Å². The number of aromatic nitrogens is 4. The molecule has 9 nitrogen and oxygen atoms in total. The summed E-state index contributed by atoms with van der Waals surface area (Å²) < 4.78 is 8.50. The number of hydrogen-bond acceptors (Lipinski definition) is 7. The summed E-state index contributed by atoms with van der Waals surface area (Å²) in [7, 11) is 0. The second kappa shape index (κ2) is 9.05. The zero-order chi connectivity index (χ0) is 23.0. The fourth-order valence-corrected chi connectivity index (χ4v) is 5.93. The number of ether oxygens (including phenoxy) is 1. The second-order valence-corrected chi connectivity index (χ2v) is 9.68. The van der Waals surface area contributed by atoms with Gasteiger partial charge in [0.1, 0.15) is 12.6 Å². The minimum atomic E-state index is -0.218. The van der Waals surface area contributed by atoms with Crippen molar-refractivity contribution in [3.8, 4) is 0 Å². The molecule has 2 aromatic heterocycles. The van der Waals surface area contributed by atoms with Crippen molar-refractivity contribution < 1.29 is 9.53 Å². The van der Waals surface area contributed by atoms with Crippen LogP contribution in [-0.2, 0) is 4.74 Å². The van der Waals surface area contributed by atoms with E-state index in [9.17, 15) is 4.79 Å². The SMILES string of the molecule is O=C(Nc1ncnc2c1ncn2C1CCC(CN2CCCC23CCNCC3)O1)c1ccccc1. The maximum absolute atomic E-state index is 12.6. The molecule has 0 aliphatic carbocycles. The number of carbonyl (C=O) groups excluding carboxylic acids is 1. The number of nitrogens with zero attached hydrogens (tertiary/aromatic N) is 5. The highest BCUT2D eigenvalue weighted by molar-refractivity contribution is 6.06. The Morgan fingerprint density at radius 2 is 1.97 bits per heavy atom. The van der Waals surface area contributed by atoms with Gasteiger partial charge in [-0.05, 0) is 70.3 Å². The fraction of sp³-hybridized carbons (Fsp3) is 0.520. The zero-order valence-electron chi connectivity index (χ0n) is 19.3. The van der Waals surface area contributed by atoms with Gasteiger partial charge in [0, 0.05) is 17.6 Å². The minimum Gasteiger partial charge on any atom is -0.353 e. The predicted molar refractivity (Wildman–Crippen MR) is 129 cm³/mol. The Labute approximate surface area is 198 Å². The Morgan fingerprint density at radius 3 is 2.82 bits per heavy atom. The van der Waals surface area contributed by atoms with Gasteiger partial charge in [-0.2, -0.15) is 0 Å².